The number of allylic oxidation sites excluding steroid dienone is 2. The maximum absolute atomic E-state index is 12.5. The van der Waals surface area contributed by atoms with Gasteiger partial charge in [0.05, 0.1) is 13.2 Å². The van der Waals surface area contributed by atoms with E-state index in [1.54, 1.807) is 0 Å². The highest BCUT2D eigenvalue weighted by molar-refractivity contribution is 5.99. The molecule has 2 rings (SSSR count). The highest BCUT2D eigenvalue weighted by atomic mass is 16.5. The number of rotatable bonds is 9. The van der Waals surface area contributed by atoms with E-state index in [4.69, 9.17) is 4.74 Å². The molecule has 1 saturated carbocycles. The lowest BCUT2D eigenvalue weighted by Crippen LogP contribution is -2.40. The fourth-order valence-electron chi connectivity index (χ4n) is 3.52. The molecule has 1 saturated heterocycles. The lowest BCUT2D eigenvalue weighted by molar-refractivity contribution is -0.118. The second kappa shape index (κ2) is 10.2. The monoisotopic (exact) mass is 307 g/mol. The topological polar surface area (TPSA) is 29.5 Å². The summed E-state index contributed by atoms with van der Waals surface area (Å²) in [4.78, 5) is 14.8. The minimum absolute atomic E-state index is 0.244. The Hall–Kier alpha value is -0.670. The summed E-state index contributed by atoms with van der Waals surface area (Å²) in [6, 6.07) is 0. The van der Waals surface area contributed by atoms with Crippen LogP contribution in [0.15, 0.2) is 11.6 Å². The van der Waals surface area contributed by atoms with Crippen molar-refractivity contribution < 1.29 is 9.53 Å². The second-order valence-electron chi connectivity index (χ2n) is 6.80. The molecule has 0 N–H and O–H groups in total. The molecule has 2 fully saturated rings. The van der Waals surface area contributed by atoms with Gasteiger partial charge in [0.25, 0.3) is 0 Å². The first-order valence-electron chi connectivity index (χ1n) is 9.34. The van der Waals surface area contributed by atoms with Crippen molar-refractivity contribution in [3.05, 3.63) is 11.6 Å². The molecular weight excluding hydrogens is 274 g/mol. The van der Waals surface area contributed by atoms with Gasteiger partial charge in [0, 0.05) is 25.6 Å². The van der Waals surface area contributed by atoms with Crippen LogP contribution in [0.3, 0.4) is 0 Å². The Kier molecular flexibility index (Phi) is 8.17. The Bertz CT molecular complexity index is 358. The largest absolute Gasteiger partial charge is 0.379 e. The summed E-state index contributed by atoms with van der Waals surface area (Å²) in [5.74, 6) is 0.673. The Morgan fingerprint density at radius 2 is 1.86 bits per heavy atom. The van der Waals surface area contributed by atoms with Crippen molar-refractivity contribution in [1.82, 2.24) is 4.90 Å². The molecule has 1 atom stereocenters. The van der Waals surface area contributed by atoms with Gasteiger partial charge in [-0.3, -0.25) is 9.69 Å². The van der Waals surface area contributed by atoms with Gasteiger partial charge in [0.15, 0.2) is 5.78 Å². The average molecular weight is 307 g/mol. The quantitative estimate of drug-likeness (QED) is 0.477. The van der Waals surface area contributed by atoms with Crippen LogP contribution in [0.4, 0.5) is 0 Å². The first kappa shape index (κ1) is 17.7. The molecular formula is C19H33NO2. The molecule has 0 aromatic rings. The highest BCUT2D eigenvalue weighted by Crippen LogP contribution is 2.28. The third kappa shape index (κ3) is 5.85. The van der Waals surface area contributed by atoms with Crippen molar-refractivity contribution in [2.24, 2.45) is 5.92 Å². The molecule has 22 heavy (non-hydrogen) atoms. The van der Waals surface area contributed by atoms with Crippen LogP contribution in [0.1, 0.15) is 64.7 Å². The van der Waals surface area contributed by atoms with Gasteiger partial charge in [-0.15, -0.1) is 0 Å². The summed E-state index contributed by atoms with van der Waals surface area (Å²) in [5.41, 5.74) is 1.12. The first-order chi connectivity index (χ1) is 10.8. The molecule has 3 nitrogen and oxygen atoms in total. The van der Waals surface area contributed by atoms with Crippen molar-refractivity contribution >= 4 is 5.78 Å². The number of nitrogens with zero attached hydrogens (tertiary/aromatic N) is 1. The predicted octanol–water partition coefficient (Wildman–Crippen LogP) is 3.97. The number of Topliss-reactive ketones (excluding diaryl/α,β-unsaturated/α-hetero) is 1. The summed E-state index contributed by atoms with van der Waals surface area (Å²) in [6.45, 7) is 6.81. The van der Waals surface area contributed by atoms with Gasteiger partial charge in [-0.1, -0.05) is 45.1 Å². The molecule has 0 aromatic heterocycles. The lowest BCUT2D eigenvalue weighted by Gasteiger charge is -2.28. The van der Waals surface area contributed by atoms with Crippen LogP contribution in [0.5, 0.6) is 0 Å². The van der Waals surface area contributed by atoms with Crippen molar-refractivity contribution in [3.63, 3.8) is 0 Å². The highest BCUT2D eigenvalue weighted by Gasteiger charge is 2.30. The standard InChI is InChI=1S/C19H33NO2/c1-2-3-4-5-6-7-8-9-17-10-11-18(19(17)21)16-20-12-14-22-15-13-20/h9,18H,2-8,10-16H2,1H3/b17-9+. The van der Waals surface area contributed by atoms with Gasteiger partial charge in [0.2, 0.25) is 0 Å². The van der Waals surface area contributed by atoms with E-state index in [-0.39, 0.29) is 5.92 Å². The number of ether oxygens (including phenoxy) is 1. The molecule has 1 heterocycles. The molecule has 2 aliphatic rings. The van der Waals surface area contributed by atoms with Crippen LogP contribution in [-0.4, -0.2) is 43.5 Å². The molecule has 0 spiro atoms. The molecule has 0 amide bonds. The number of carbonyl (C=O) groups is 1. The molecule has 0 aromatic carbocycles. The molecule has 126 valence electrons. The third-order valence-electron chi connectivity index (χ3n) is 4.98. The zero-order valence-electron chi connectivity index (χ0n) is 14.3. The minimum Gasteiger partial charge on any atom is -0.379 e. The molecule has 1 unspecified atom stereocenters. The predicted molar refractivity (Wildman–Crippen MR) is 91.1 cm³/mol. The summed E-state index contributed by atoms with van der Waals surface area (Å²) in [7, 11) is 0. The number of carbonyl (C=O) groups excluding carboxylic acids is 1. The molecule has 1 aliphatic heterocycles. The van der Waals surface area contributed by atoms with Gasteiger partial charge in [0.1, 0.15) is 0 Å². The van der Waals surface area contributed by atoms with Crippen LogP contribution >= 0.6 is 0 Å². The van der Waals surface area contributed by atoms with Crippen molar-refractivity contribution in [2.75, 3.05) is 32.8 Å². The van der Waals surface area contributed by atoms with E-state index in [0.717, 1.165) is 57.7 Å². The molecule has 0 radical (unpaired) electrons. The first-order valence-corrected chi connectivity index (χ1v) is 9.34. The van der Waals surface area contributed by atoms with Crippen molar-refractivity contribution in [2.45, 2.75) is 64.7 Å². The maximum Gasteiger partial charge on any atom is 0.162 e. The smallest absolute Gasteiger partial charge is 0.162 e. The zero-order chi connectivity index (χ0) is 15.6. The van der Waals surface area contributed by atoms with E-state index in [1.165, 1.54) is 38.5 Å². The van der Waals surface area contributed by atoms with E-state index in [1.807, 2.05) is 0 Å². The fraction of sp³-hybridized carbons (Fsp3) is 0.842. The van der Waals surface area contributed by atoms with Crippen LogP contribution in [0, 0.1) is 5.92 Å². The Morgan fingerprint density at radius 1 is 1.14 bits per heavy atom. The van der Waals surface area contributed by atoms with E-state index in [0.29, 0.717) is 5.78 Å². The number of morpholine rings is 1. The summed E-state index contributed by atoms with van der Waals surface area (Å²) < 4.78 is 5.37. The minimum atomic E-state index is 0.244. The molecule has 0 bridgehead atoms. The average Bonchev–Trinajstić information content (AvgIpc) is 2.88. The van der Waals surface area contributed by atoms with Crippen LogP contribution < -0.4 is 0 Å². The fourth-order valence-corrected chi connectivity index (χ4v) is 3.52. The number of hydrogen-bond donors (Lipinski definition) is 0. The van der Waals surface area contributed by atoms with E-state index in [2.05, 4.69) is 17.9 Å². The molecule has 3 heteroatoms. The van der Waals surface area contributed by atoms with Gasteiger partial charge >= 0.3 is 0 Å². The van der Waals surface area contributed by atoms with E-state index >= 15 is 0 Å². The van der Waals surface area contributed by atoms with E-state index < -0.39 is 0 Å². The lowest BCUT2D eigenvalue weighted by atomic mass is 10.0. The summed E-state index contributed by atoms with van der Waals surface area (Å²) in [5, 5.41) is 0. The van der Waals surface area contributed by atoms with Crippen LogP contribution in [-0.2, 0) is 9.53 Å². The summed E-state index contributed by atoms with van der Waals surface area (Å²) >= 11 is 0. The van der Waals surface area contributed by atoms with Gasteiger partial charge < -0.3 is 4.74 Å². The number of unbranched alkanes of at least 4 members (excludes halogenated alkanes) is 6. The number of ketones is 1. The van der Waals surface area contributed by atoms with E-state index in [9.17, 15) is 4.79 Å². The maximum atomic E-state index is 12.5. The normalized spacial score (nSPS) is 25.2. The second-order valence-corrected chi connectivity index (χ2v) is 6.80. The van der Waals surface area contributed by atoms with Crippen LogP contribution in [0.2, 0.25) is 0 Å². The van der Waals surface area contributed by atoms with Crippen LogP contribution in [0.25, 0.3) is 0 Å². The Morgan fingerprint density at radius 3 is 2.64 bits per heavy atom. The number of hydrogen-bond acceptors (Lipinski definition) is 3. The Labute approximate surface area is 136 Å². The Balaban J connectivity index is 1.63. The van der Waals surface area contributed by atoms with Gasteiger partial charge in [-0.05, 0) is 31.3 Å². The van der Waals surface area contributed by atoms with Crippen molar-refractivity contribution in [1.29, 1.82) is 0 Å². The SMILES string of the molecule is CCCCCCCC/C=C1\CCC(CN2CCOCC2)C1=O. The molecule has 1 aliphatic carbocycles. The zero-order valence-corrected chi connectivity index (χ0v) is 14.3. The van der Waals surface area contributed by atoms with Gasteiger partial charge in [-0.25, -0.2) is 0 Å². The summed E-state index contributed by atoms with van der Waals surface area (Å²) in [6.07, 6.45) is 13.3. The van der Waals surface area contributed by atoms with Crippen molar-refractivity contribution in [3.8, 4) is 0 Å². The van der Waals surface area contributed by atoms with Gasteiger partial charge in [-0.2, -0.15) is 0 Å². The third-order valence-corrected chi connectivity index (χ3v) is 4.98.